The zero-order valence-electron chi connectivity index (χ0n) is 13.7. The van der Waals surface area contributed by atoms with Crippen molar-refractivity contribution in [3.05, 3.63) is 82.9 Å². The number of carbonyl (C=O) groups is 1. The Labute approximate surface area is 149 Å². The Bertz CT molecular complexity index is 939. The second-order valence-electron chi connectivity index (χ2n) is 5.45. The summed E-state index contributed by atoms with van der Waals surface area (Å²) in [6.07, 6.45) is 3.20. The zero-order chi connectivity index (χ0) is 17.6. The Morgan fingerprint density at radius 3 is 2.72 bits per heavy atom. The number of anilines is 1. The van der Waals surface area contributed by atoms with Crippen LogP contribution < -0.4 is 10.9 Å². The minimum Gasteiger partial charge on any atom is -0.325 e. The molecule has 3 aromatic rings. The Balaban J connectivity index is 1.72. The van der Waals surface area contributed by atoms with E-state index in [4.69, 9.17) is 0 Å². The van der Waals surface area contributed by atoms with Gasteiger partial charge >= 0.3 is 0 Å². The van der Waals surface area contributed by atoms with Gasteiger partial charge in [-0.15, -0.1) is 0 Å². The molecule has 6 heteroatoms. The number of aromatic nitrogens is 2. The SMILES string of the molecule is Cc1cccc(-n2ccnc(SCC(=O)Nc3ccccc3)c2=O)c1. The van der Waals surface area contributed by atoms with Gasteiger partial charge in [-0.2, -0.15) is 0 Å². The van der Waals surface area contributed by atoms with E-state index in [1.807, 2.05) is 61.5 Å². The van der Waals surface area contributed by atoms with E-state index in [2.05, 4.69) is 10.3 Å². The molecular weight excluding hydrogens is 334 g/mol. The number of para-hydroxylation sites is 1. The lowest BCUT2D eigenvalue weighted by atomic mass is 10.2. The monoisotopic (exact) mass is 351 g/mol. The van der Waals surface area contributed by atoms with Gasteiger partial charge in [-0.1, -0.05) is 42.1 Å². The number of rotatable bonds is 5. The summed E-state index contributed by atoms with van der Waals surface area (Å²) in [6.45, 7) is 1.97. The molecule has 126 valence electrons. The van der Waals surface area contributed by atoms with Gasteiger partial charge in [0.15, 0.2) is 5.03 Å². The number of benzene rings is 2. The summed E-state index contributed by atoms with van der Waals surface area (Å²) in [5.74, 6) is -0.0574. The van der Waals surface area contributed by atoms with Crippen LogP contribution in [0.1, 0.15) is 5.56 Å². The van der Waals surface area contributed by atoms with Gasteiger partial charge in [0.2, 0.25) is 5.91 Å². The highest BCUT2D eigenvalue weighted by atomic mass is 32.2. The van der Waals surface area contributed by atoms with E-state index in [0.717, 1.165) is 28.7 Å². The van der Waals surface area contributed by atoms with Crippen LogP contribution in [0.15, 0.2) is 76.8 Å². The molecule has 1 heterocycles. The zero-order valence-corrected chi connectivity index (χ0v) is 14.5. The standard InChI is InChI=1S/C19H17N3O2S/c1-14-6-5-9-16(12-14)22-11-10-20-18(19(22)24)25-13-17(23)21-15-7-3-2-4-8-15/h2-12H,13H2,1H3,(H,21,23). The lowest BCUT2D eigenvalue weighted by molar-refractivity contribution is -0.113. The van der Waals surface area contributed by atoms with Crippen LogP contribution in [0.5, 0.6) is 0 Å². The summed E-state index contributed by atoms with van der Waals surface area (Å²) in [4.78, 5) is 28.7. The fourth-order valence-corrected chi connectivity index (χ4v) is 3.02. The van der Waals surface area contributed by atoms with Gasteiger partial charge < -0.3 is 5.32 Å². The molecule has 0 fully saturated rings. The number of carbonyl (C=O) groups excluding carboxylic acids is 1. The average Bonchev–Trinajstić information content (AvgIpc) is 2.62. The third-order valence-corrected chi connectivity index (χ3v) is 4.45. The smallest absolute Gasteiger partial charge is 0.287 e. The van der Waals surface area contributed by atoms with Gasteiger partial charge in [-0.25, -0.2) is 4.98 Å². The summed E-state index contributed by atoms with van der Waals surface area (Å²) in [5, 5.41) is 3.09. The first kappa shape index (κ1) is 17.0. The minimum atomic E-state index is -0.231. The van der Waals surface area contributed by atoms with Crippen LogP contribution in [0.25, 0.3) is 5.69 Å². The molecule has 3 rings (SSSR count). The molecule has 0 saturated heterocycles. The van der Waals surface area contributed by atoms with Gasteiger partial charge in [0.05, 0.1) is 5.75 Å². The number of nitrogens with zero attached hydrogens (tertiary/aromatic N) is 2. The maximum atomic E-state index is 12.6. The van der Waals surface area contributed by atoms with Crippen molar-refractivity contribution in [2.45, 2.75) is 11.9 Å². The summed E-state index contributed by atoms with van der Waals surface area (Å²) >= 11 is 1.13. The number of hydrogen-bond acceptors (Lipinski definition) is 4. The number of hydrogen-bond donors (Lipinski definition) is 1. The first-order valence-corrected chi connectivity index (χ1v) is 8.74. The van der Waals surface area contributed by atoms with Crippen LogP contribution in [-0.2, 0) is 4.79 Å². The van der Waals surface area contributed by atoms with Crippen molar-refractivity contribution in [3.8, 4) is 5.69 Å². The molecular formula is C19H17N3O2S. The van der Waals surface area contributed by atoms with E-state index < -0.39 is 0 Å². The highest BCUT2D eigenvalue weighted by Crippen LogP contribution is 2.14. The molecule has 0 atom stereocenters. The Kier molecular flexibility index (Phi) is 5.30. The van der Waals surface area contributed by atoms with Gasteiger partial charge in [0.1, 0.15) is 0 Å². The van der Waals surface area contributed by atoms with Crippen molar-refractivity contribution >= 4 is 23.4 Å². The fraction of sp³-hybridized carbons (Fsp3) is 0.105. The molecule has 0 unspecified atom stereocenters. The maximum Gasteiger partial charge on any atom is 0.287 e. The van der Waals surface area contributed by atoms with Crippen molar-refractivity contribution in [2.75, 3.05) is 11.1 Å². The topological polar surface area (TPSA) is 64.0 Å². The quantitative estimate of drug-likeness (QED) is 0.717. The third kappa shape index (κ3) is 4.36. The van der Waals surface area contributed by atoms with Gasteiger partial charge in [0, 0.05) is 23.8 Å². The molecule has 0 aliphatic heterocycles. The molecule has 0 aliphatic rings. The van der Waals surface area contributed by atoms with Crippen LogP contribution >= 0.6 is 11.8 Å². The van der Waals surface area contributed by atoms with E-state index >= 15 is 0 Å². The number of aryl methyl sites for hydroxylation is 1. The molecule has 0 saturated carbocycles. The number of thioether (sulfide) groups is 1. The highest BCUT2D eigenvalue weighted by Gasteiger charge is 2.10. The van der Waals surface area contributed by atoms with Crippen molar-refractivity contribution in [1.29, 1.82) is 0 Å². The van der Waals surface area contributed by atoms with Gasteiger partial charge in [-0.3, -0.25) is 14.2 Å². The largest absolute Gasteiger partial charge is 0.325 e. The van der Waals surface area contributed by atoms with Crippen LogP contribution in [-0.4, -0.2) is 21.2 Å². The predicted molar refractivity (Wildman–Crippen MR) is 100 cm³/mol. The molecule has 1 amide bonds. The fourth-order valence-electron chi connectivity index (χ4n) is 2.33. The minimum absolute atomic E-state index is 0.120. The highest BCUT2D eigenvalue weighted by molar-refractivity contribution is 7.99. The number of nitrogens with one attached hydrogen (secondary N) is 1. The maximum absolute atomic E-state index is 12.6. The second-order valence-corrected chi connectivity index (χ2v) is 6.41. The lowest BCUT2D eigenvalue weighted by Crippen LogP contribution is -2.22. The lowest BCUT2D eigenvalue weighted by Gasteiger charge is -2.08. The van der Waals surface area contributed by atoms with E-state index in [-0.39, 0.29) is 17.2 Å². The third-order valence-electron chi connectivity index (χ3n) is 3.49. The Morgan fingerprint density at radius 1 is 1.16 bits per heavy atom. The first-order chi connectivity index (χ1) is 12.1. The van der Waals surface area contributed by atoms with E-state index in [9.17, 15) is 9.59 Å². The molecule has 5 nitrogen and oxygen atoms in total. The van der Waals surface area contributed by atoms with Gasteiger partial charge in [0.25, 0.3) is 5.56 Å². The van der Waals surface area contributed by atoms with E-state index in [1.165, 1.54) is 4.57 Å². The molecule has 0 aliphatic carbocycles. The molecule has 2 aromatic carbocycles. The van der Waals surface area contributed by atoms with E-state index in [0.29, 0.717) is 5.03 Å². The van der Waals surface area contributed by atoms with Crippen molar-refractivity contribution < 1.29 is 4.79 Å². The average molecular weight is 351 g/mol. The number of amides is 1. The molecule has 1 N–H and O–H groups in total. The van der Waals surface area contributed by atoms with Gasteiger partial charge in [-0.05, 0) is 36.8 Å². The van der Waals surface area contributed by atoms with Crippen LogP contribution in [0.3, 0.4) is 0 Å². The second kappa shape index (κ2) is 7.81. The normalized spacial score (nSPS) is 10.4. The summed E-state index contributed by atoms with van der Waals surface area (Å²) in [6, 6.07) is 16.9. The van der Waals surface area contributed by atoms with Crippen molar-refractivity contribution in [3.63, 3.8) is 0 Å². The molecule has 25 heavy (non-hydrogen) atoms. The van der Waals surface area contributed by atoms with Crippen molar-refractivity contribution in [2.24, 2.45) is 0 Å². The summed E-state index contributed by atoms with van der Waals surface area (Å²) < 4.78 is 1.54. The van der Waals surface area contributed by atoms with Crippen LogP contribution in [0.2, 0.25) is 0 Å². The molecule has 1 aromatic heterocycles. The van der Waals surface area contributed by atoms with Crippen LogP contribution in [0, 0.1) is 6.92 Å². The summed E-state index contributed by atoms with van der Waals surface area (Å²) in [5.41, 5.74) is 2.34. The Morgan fingerprint density at radius 2 is 1.96 bits per heavy atom. The van der Waals surface area contributed by atoms with Crippen LogP contribution in [0.4, 0.5) is 5.69 Å². The predicted octanol–water partition coefficient (Wildman–Crippen LogP) is 3.27. The molecule has 0 bridgehead atoms. The first-order valence-electron chi connectivity index (χ1n) is 7.76. The summed E-state index contributed by atoms with van der Waals surface area (Å²) in [7, 11) is 0. The molecule has 0 spiro atoms. The molecule has 0 radical (unpaired) electrons. The Hall–Kier alpha value is -2.86. The van der Waals surface area contributed by atoms with Crippen molar-refractivity contribution in [1.82, 2.24) is 9.55 Å². The van der Waals surface area contributed by atoms with E-state index in [1.54, 1.807) is 12.4 Å².